The molecule has 6 heteroatoms. The molecule has 76 valence electrons. The largest absolute Gasteiger partial charge is 0.478 e. The van der Waals surface area contributed by atoms with E-state index in [0.717, 1.165) is 0 Å². The van der Waals surface area contributed by atoms with Crippen LogP contribution < -0.4 is 0 Å². The Hall–Kier alpha value is -1.40. The zero-order valence-corrected chi connectivity index (χ0v) is 7.94. The van der Waals surface area contributed by atoms with Crippen LogP contribution in [0.3, 0.4) is 0 Å². The Morgan fingerprint density at radius 1 is 1.29 bits per heavy atom. The summed E-state index contributed by atoms with van der Waals surface area (Å²) in [5.41, 5.74) is 0.759. The van der Waals surface area contributed by atoms with Crippen LogP contribution in [0.2, 0.25) is 0 Å². The molecule has 0 aliphatic rings. The number of carboxylic acids is 1. The number of carboxylic acid groups (broad SMARTS) is 1. The molecule has 0 saturated carbocycles. The van der Waals surface area contributed by atoms with Gasteiger partial charge in [-0.1, -0.05) is 12.1 Å². The highest BCUT2D eigenvalue weighted by Gasteiger charge is 2.01. The van der Waals surface area contributed by atoms with Crippen LogP contribution in [0.1, 0.15) is 15.9 Å². The van der Waals surface area contributed by atoms with Gasteiger partial charge in [-0.2, -0.15) is 0 Å². The quantitative estimate of drug-likeness (QED) is 0.713. The minimum Gasteiger partial charge on any atom is -0.478 e. The van der Waals surface area contributed by atoms with Crippen LogP contribution in [0, 0.1) is 0 Å². The molecule has 5 nitrogen and oxygen atoms in total. The lowest BCUT2D eigenvalue weighted by atomic mass is 10.1. The van der Waals surface area contributed by atoms with Gasteiger partial charge in [0.05, 0.1) is 12.2 Å². The minimum absolute atomic E-state index is 0.0708. The monoisotopic (exact) mass is 216 g/mol. The van der Waals surface area contributed by atoms with Crippen LogP contribution in [0.15, 0.2) is 24.3 Å². The maximum atomic E-state index is 10.5. The third-order valence-corrected chi connectivity index (χ3v) is 1.88. The third kappa shape index (κ3) is 3.15. The first-order valence-corrected chi connectivity index (χ1v) is 4.78. The molecule has 0 unspecified atom stereocenters. The molecule has 1 aromatic carbocycles. The first-order valence-electron chi connectivity index (χ1n) is 3.69. The Balaban J connectivity index is 2.68. The highest BCUT2D eigenvalue weighted by atomic mass is 32.2. The van der Waals surface area contributed by atoms with E-state index in [9.17, 15) is 13.2 Å². The Kier molecular flexibility index (Phi) is 3.61. The number of hydrogen-bond acceptors (Lipinski definition) is 4. The van der Waals surface area contributed by atoms with Gasteiger partial charge in [0.25, 0.3) is 11.0 Å². The molecular weight excluding hydrogens is 208 g/mol. The summed E-state index contributed by atoms with van der Waals surface area (Å²) < 4.78 is 24.5. The predicted octanol–water partition coefficient (Wildman–Crippen LogP) is 0.428. The Bertz CT molecular complexity index is 385. The molecule has 1 rings (SSSR count). The third-order valence-electron chi connectivity index (χ3n) is 1.54. The minimum atomic E-state index is -2.86. The normalized spacial score (nSPS) is 10.4. The fourth-order valence-electron chi connectivity index (χ4n) is 0.871. The summed E-state index contributed by atoms with van der Waals surface area (Å²) in [6.45, 7) is -0.0708. The molecule has 0 heterocycles. The second-order valence-corrected chi connectivity index (χ2v) is 3.20. The first-order chi connectivity index (χ1) is 6.59. The lowest BCUT2D eigenvalue weighted by Crippen LogP contribution is -1.97. The van der Waals surface area contributed by atoms with Gasteiger partial charge in [-0.05, 0) is 17.7 Å². The van der Waals surface area contributed by atoms with E-state index < -0.39 is 17.0 Å². The molecule has 0 fully saturated rings. The standard InChI is InChI=1S/C8H8O5S/c9-8(10)7-3-1-6(2-4-7)5-13-14(11)12/h1-4,14H,5H2,(H,9,10). The van der Waals surface area contributed by atoms with Crippen LogP contribution in [0.4, 0.5) is 0 Å². The van der Waals surface area contributed by atoms with Crippen molar-refractivity contribution in [1.29, 1.82) is 0 Å². The van der Waals surface area contributed by atoms with Gasteiger partial charge in [0.2, 0.25) is 0 Å². The average molecular weight is 216 g/mol. The molecule has 0 aliphatic heterocycles. The van der Waals surface area contributed by atoms with Crippen LogP contribution in [0.25, 0.3) is 0 Å². The van der Waals surface area contributed by atoms with Crippen molar-refractivity contribution in [3.63, 3.8) is 0 Å². The van der Waals surface area contributed by atoms with Crippen LogP contribution in [-0.4, -0.2) is 19.5 Å². The van der Waals surface area contributed by atoms with Gasteiger partial charge in [-0.25, -0.2) is 13.2 Å². The fraction of sp³-hybridized carbons (Fsp3) is 0.125. The van der Waals surface area contributed by atoms with Gasteiger partial charge in [0.15, 0.2) is 0 Å². The van der Waals surface area contributed by atoms with Crippen LogP contribution in [0.5, 0.6) is 0 Å². The van der Waals surface area contributed by atoms with Gasteiger partial charge >= 0.3 is 5.97 Å². The molecule has 14 heavy (non-hydrogen) atoms. The van der Waals surface area contributed by atoms with Gasteiger partial charge in [0, 0.05) is 0 Å². The Morgan fingerprint density at radius 2 is 1.86 bits per heavy atom. The summed E-state index contributed by atoms with van der Waals surface area (Å²) in [6.07, 6.45) is 0. The Labute approximate surface area is 82.1 Å². The van der Waals surface area contributed by atoms with Crippen molar-refractivity contribution in [2.45, 2.75) is 6.61 Å². The molecule has 0 atom stereocenters. The maximum absolute atomic E-state index is 10.5. The zero-order chi connectivity index (χ0) is 10.6. The van der Waals surface area contributed by atoms with E-state index >= 15 is 0 Å². The summed E-state index contributed by atoms with van der Waals surface area (Å²) in [5, 5.41) is 8.57. The number of thiol groups is 1. The lowest BCUT2D eigenvalue weighted by Gasteiger charge is -1.98. The van der Waals surface area contributed by atoms with Crippen molar-refractivity contribution in [3.05, 3.63) is 35.4 Å². The number of rotatable bonds is 4. The number of benzene rings is 1. The van der Waals surface area contributed by atoms with Crippen LogP contribution >= 0.6 is 0 Å². The summed E-state index contributed by atoms with van der Waals surface area (Å²) in [7, 11) is -2.86. The van der Waals surface area contributed by atoms with Gasteiger partial charge in [-0.15, -0.1) is 0 Å². The molecular formula is C8H8O5S. The SMILES string of the molecule is O=C(O)c1ccc(CO[SH](=O)=O)cc1. The molecule has 1 aromatic rings. The molecule has 0 amide bonds. The zero-order valence-electron chi connectivity index (χ0n) is 7.04. The van der Waals surface area contributed by atoms with Crippen LogP contribution in [-0.2, 0) is 21.8 Å². The molecule has 0 aliphatic carbocycles. The second-order valence-electron chi connectivity index (χ2n) is 2.50. The Morgan fingerprint density at radius 3 is 2.29 bits per heavy atom. The van der Waals surface area contributed by atoms with E-state index in [2.05, 4.69) is 4.18 Å². The molecule has 0 aromatic heterocycles. The average Bonchev–Trinajstić information content (AvgIpc) is 2.15. The molecule has 0 radical (unpaired) electrons. The summed E-state index contributed by atoms with van der Waals surface area (Å²) in [5.74, 6) is -1.02. The van der Waals surface area contributed by atoms with Crippen molar-refractivity contribution in [1.82, 2.24) is 0 Å². The predicted molar refractivity (Wildman–Crippen MR) is 48.5 cm³/mol. The number of aromatic carboxylic acids is 1. The van der Waals surface area contributed by atoms with E-state index in [1.165, 1.54) is 24.3 Å². The summed E-state index contributed by atoms with van der Waals surface area (Å²) in [4.78, 5) is 10.5. The van der Waals surface area contributed by atoms with E-state index in [1.54, 1.807) is 0 Å². The van der Waals surface area contributed by atoms with Crippen molar-refractivity contribution < 1.29 is 22.5 Å². The molecule has 0 bridgehead atoms. The van der Waals surface area contributed by atoms with Gasteiger partial charge in [-0.3, -0.25) is 4.18 Å². The van der Waals surface area contributed by atoms with Gasteiger partial charge < -0.3 is 5.11 Å². The fourth-order valence-corrected chi connectivity index (χ4v) is 1.13. The van der Waals surface area contributed by atoms with E-state index in [1.807, 2.05) is 0 Å². The van der Waals surface area contributed by atoms with Crippen molar-refractivity contribution in [3.8, 4) is 0 Å². The summed E-state index contributed by atoms with van der Waals surface area (Å²) in [6, 6.07) is 5.78. The highest BCUT2D eigenvalue weighted by Crippen LogP contribution is 2.05. The molecule has 0 spiro atoms. The molecule has 0 saturated heterocycles. The maximum Gasteiger partial charge on any atom is 0.335 e. The van der Waals surface area contributed by atoms with E-state index in [4.69, 9.17) is 5.11 Å². The number of hydrogen-bond donors (Lipinski definition) is 2. The first kappa shape index (κ1) is 10.7. The highest BCUT2D eigenvalue weighted by molar-refractivity contribution is 7.67. The smallest absolute Gasteiger partial charge is 0.335 e. The summed E-state index contributed by atoms with van der Waals surface area (Å²) >= 11 is 0. The van der Waals surface area contributed by atoms with Crippen molar-refractivity contribution in [2.24, 2.45) is 0 Å². The molecule has 1 N–H and O–H groups in total. The van der Waals surface area contributed by atoms with E-state index in [-0.39, 0.29) is 12.2 Å². The van der Waals surface area contributed by atoms with Gasteiger partial charge in [0.1, 0.15) is 0 Å². The van der Waals surface area contributed by atoms with E-state index in [0.29, 0.717) is 5.56 Å². The number of carbonyl (C=O) groups is 1. The van der Waals surface area contributed by atoms with Crippen molar-refractivity contribution >= 4 is 17.0 Å². The van der Waals surface area contributed by atoms with Crippen molar-refractivity contribution in [2.75, 3.05) is 0 Å². The topological polar surface area (TPSA) is 80.7 Å². The second kappa shape index (κ2) is 4.73. The lowest BCUT2D eigenvalue weighted by molar-refractivity contribution is 0.0697.